The number of aromatic nitrogens is 3. The van der Waals surface area contributed by atoms with Crippen molar-refractivity contribution >= 4 is 64.2 Å². The minimum absolute atomic E-state index is 0.0580. The molecule has 5 rings (SSSR count). The molecule has 1 saturated heterocycles. The Kier molecular flexibility index (Phi) is 7.97. The van der Waals surface area contributed by atoms with Crippen molar-refractivity contribution in [2.45, 2.75) is 23.8 Å². The molecule has 1 unspecified atom stereocenters. The van der Waals surface area contributed by atoms with Crippen LogP contribution in [0, 0.1) is 6.92 Å². The van der Waals surface area contributed by atoms with Gasteiger partial charge in [-0.3, -0.25) is 14.4 Å². The topological polar surface area (TPSA) is 133 Å². The molecule has 40 heavy (non-hydrogen) atoms. The quantitative estimate of drug-likeness (QED) is 0.151. The minimum Gasteiger partial charge on any atom is -0.460 e. The molecule has 10 nitrogen and oxygen atoms in total. The smallest absolute Gasteiger partial charge is 0.338 e. The van der Waals surface area contributed by atoms with Crippen molar-refractivity contribution in [3.05, 3.63) is 87.7 Å². The molecule has 1 aliphatic heterocycles. The summed E-state index contributed by atoms with van der Waals surface area (Å²) in [6, 6.07) is 13.6. The molecule has 2 amide bonds. The van der Waals surface area contributed by atoms with E-state index in [2.05, 4.69) is 15.2 Å². The lowest BCUT2D eigenvalue weighted by Gasteiger charge is -2.15. The number of aryl methyl sites for hydroxylation is 1. The van der Waals surface area contributed by atoms with Gasteiger partial charge in [-0.2, -0.15) is 5.10 Å². The number of hydrogen-bond donors (Lipinski definition) is 0. The van der Waals surface area contributed by atoms with Crippen LogP contribution in [0.3, 0.4) is 0 Å². The number of halogens is 2. The number of esters is 1. The average molecular weight is 597 g/mol. The number of hydrogen-bond acceptors (Lipinski definition) is 10. The molecule has 0 saturated carbocycles. The van der Waals surface area contributed by atoms with Crippen LogP contribution in [0.25, 0.3) is 11.5 Å². The highest BCUT2D eigenvalue weighted by atomic mass is 35.5. The third kappa shape index (κ3) is 5.91. The first-order valence-electron chi connectivity index (χ1n) is 11.7. The standard InChI is InChI=1S/C27H18Cl2N4O6S/c1-14-2-9-22(39-14)20-12-30-32-27(31-20)40-23-11-24(35)33(25(23)36)17-6-3-15(4-7-17)26(37)38-13-21(34)16-5-8-18(28)19(29)10-16/h2-10,12,23H,11,13H2,1H3. The molecule has 3 heterocycles. The molecule has 1 fully saturated rings. The van der Waals surface area contributed by atoms with Crippen molar-refractivity contribution < 1.29 is 28.3 Å². The molecule has 2 aromatic carbocycles. The Morgan fingerprint density at radius 2 is 1.80 bits per heavy atom. The summed E-state index contributed by atoms with van der Waals surface area (Å²) in [5.41, 5.74) is 1.14. The Hall–Kier alpha value is -4.06. The number of thioether (sulfide) groups is 1. The second-order valence-electron chi connectivity index (χ2n) is 8.59. The van der Waals surface area contributed by atoms with Gasteiger partial charge in [0.05, 0.1) is 27.5 Å². The van der Waals surface area contributed by atoms with Crippen LogP contribution >= 0.6 is 35.0 Å². The summed E-state index contributed by atoms with van der Waals surface area (Å²) in [7, 11) is 0. The Morgan fingerprint density at radius 1 is 1.05 bits per heavy atom. The van der Waals surface area contributed by atoms with E-state index in [1.807, 2.05) is 0 Å². The Morgan fingerprint density at radius 3 is 2.50 bits per heavy atom. The predicted molar refractivity (Wildman–Crippen MR) is 147 cm³/mol. The first-order valence-corrected chi connectivity index (χ1v) is 13.4. The zero-order valence-electron chi connectivity index (χ0n) is 20.7. The number of amides is 2. The summed E-state index contributed by atoms with van der Waals surface area (Å²) in [5.74, 6) is -0.822. The maximum atomic E-state index is 13.1. The van der Waals surface area contributed by atoms with Crippen molar-refractivity contribution in [3.63, 3.8) is 0 Å². The molecule has 0 N–H and O–H groups in total. The van der Waals surface area contributed by atoms with Crippen LogP contribution in [0.5, 0.6) is 0 Å². The number of ketones is 1. The monoisotopic (exact) mass is 596 g/mol. The fraction of sp³-hybridized carbons (Fsp3) is 0.148. The highest BCUT2D eigenvalue weighted by molar-refractivity contribution is 8.00. The number of furan rings is 1. The predicted octanol–water partition coefficient (Wildman–Crippen LogP) is 5.21. The minimum atomic E-state index is -0.750. The van der Waals surface area contributed by atoms with Crippen LogP contribution in [0.4, 0.5) is 5.69 Å². The van der Waals surface area contributed by atoms with E-state index in [0.717, 1.165) is 16.7 Å². The van der Waals surface area contributed by atoms with E-state index in [1.54, 1.807) is 19.1 Å². The molecule has 0 radical (unpaired) electrons. The summed E-state index contributed by atoms with van der Waals surface area (Å²) in [6.07, 6.45) is 1.39. The molecule has 0 spiro atoms. The van der Waals surface area contributed by atoms with E-state index in [-0.39, 0.29) is 27.7 Å². The molecule has 0 bridgehead atoms. The molecule has 202 valence electrons. The van der Waals surface area contributed by atoms with E-state index in [9.17, 15) is 19.2 Å². The van der Waals surface area contributed by atoms with Crippen molar-refractivity contribution in [1.29, 1.82) is 0 Å². The average Bonchev–Trinajstić information content (AvgIpc) is 3.50. The first kappa shape index (κ1) is 27.5. The van der Waals surface area contributed by atoms with Gasteiger partial charge in [-0.05, 0) is 61.5 Å². The van der Waals surface area contributed by atoms with Gasteiger partial charge < -0.3 is 9.15 Å². The van der Waals surface area contributed by atoms with Gasteiger partial charge in [0, 0.05) is 12.0 Å². The van der Waals surface area contributed by atoms with Crippen molar-refractivity contribution in [2.24, 2.45) is 0 Å². The number of ether oxygens (including phenoxy) is 1. The largest absolute Gasteiger partial charge is 0.460 e. The van der Waals surface area contributed by atoms with E-state index >= 15 is 0 Å². The van der Waals surface area contributed by atoms with Gasteiger partial charge in [0.1, 0.15) is 16.7 Å². The van der Waals surface area contributed by atoms with E-state index in [4.69, 9.17) is 32.4 Å². The van der Waals surface area contributed by atoms with Crippen molar-refractivity contribution in [3.8, 4) is 11.5 Å². The summed E-state index contributed by atoms with van der Waals surface area (Å²) < 4.78 is 10.7. The van der Waals surface area contributed by atoms with Crippen LogP contribution < -0.4 is 4.90 Å². The zero-order valence-corrected chi connectivity index (χ0v) is 23.0. The van der Waals surface area contributed by atoms with Crippen molar-refractivity contribution in [2.75, 3.05) is 11.5 Å². The lowest BCUT2D eigenvalue weighted by atomic mass is 10.1. The lowest BCUT2D eigenvalue weighted by Crippen LogP contribution is -2.31. The van der Waals surface area contributed by atoms with Gasteiger partial charge >= 0.3 is 5.97 Å². The van der Waals surface area contributed by atoms with Gasteiger partial charge in [-0.15, -0.1) is 5.10 Å². The van der Waals surface area contributed by atoms with Crippen LogP contribution in [0.2, 0.25) is 10.0 Å². The lowest BCUT2D eigenvalue weighted by molar-refractivity contribution is -0.121. The van der Waals surface area contributed by atoms with E-state index < -0.39 is 35.4 Å². The highest BCUT2D eigenvalue weighted by Crippen LogP contribution is 2.33. The van der Waals surface area contributed by atoms with Crippen LogP contribution in [-0.2, 0) is 14.3 Å². The molecule has 1 atom stereocenters. The number of carbonyl (C=O) groups excluding carboxylic acids is 4. The Balaban J connectivity index is 1.21. The van der Waals surface area contributed by atoms with Crippen LogP contribution in [0.15, 0.2) is 70.4 Å². The van der Waals surface area contributed by atoms with Gasteiger partial charge in [-0.25, -0.2) is 14.7 Å². The van der Waals surface area contributed by atoms with Gasteiger partial charge in [-0.1, -0.05) is 35.0 Å². The number of imide groups is 1. The fourth-order valence-corrected chi connectivity index (χ4v) is 5.07. The fourth-order valence-electron chi connectivity index (χ4n) is 3.84. The molecular weight excluding hydrogens is 579 g/mol. The normalized spacial score (nSPS) is 15.0. The van der Waals surface area contributed by atoms with Gasteiger partial charge in [0.15, 0.2) is 18.2 Å². The highest BCUT2D eigenvalue weighted by Gasteiger charge is 2.41. The molecule has 4 aromatic rings. The zero-order chi connectivity index (χ0) is 28.4. The number of carbonyl (C=O) groups is 4. The second-order valence-corrected chi connectivity index (χ2v) is 10.6. The summed E-state index contributed by atoms with van der Waals surface area (Å²) in [4.78, 5) is 56.0. The molecule has 1 aliphatic rings. The maximum Gasteiger partial charge on any atom is 0.338 e. The number of nitrogens with zero attached hydrogens (tertiary/aromatic N) is 4. The molecular formula is C27H18Cl2N4O6S. The SMILES string of the molecule is Cc1ccc(-c2cnnc(SC3CC(=O)N(c4ccc(C(=O)OCC(=O)c5ccc(Cl)c(Cl)c5)cc4)C3=O)n2)o1. The third-order valence-corrected chi connectivity index (χ3v) is 7.60. The Labute approximate surface area is 241 Å². The van der Waals surface area contributed by atoms with E-state index in [1.165, 1.54) is 48.7 Å². The number of anilines is 1. The Bertz CT molecular complexity index is 1640. The third-order valence-electron chi connectivity index (χ3n) is 5.82. The summed E-state index contributed by atoms with van der Waals surface area (Å²) >= 11 is 12.8. The number of Topliss-reactive ketones (excluding diaryl/α,β-unsaturated/α-hetero) is 1. The van der Waals surface area contributed by atoms with Gasteiger partial charge in [0.2, 0.25) is 17.0 Å². The number of benzene rings is 2. The summed E-state index contributed by atoms with van der Waals surface area (Å²) in [6.45, 7) is 1.30. The molecule has 2 aromatic heterocycles. The number of rotatable bonds is 8. The van der Waals surface area contributed by atoms with Crippen LogP contribution in [0.1, 0.15) is 32.9 Å². The molecule has 13 heteroatoms. The van der Waals surface area contributed by atoms with E-state index in [0.29, 0.717) is 27.9 Å². The second kappa shape index (κ2) is 11.6. The maximum absolute atomic E-state index is 13.1. The van der Waals surface area contributed by atoms with Crippen molar-refractivity contribution in [1.82, 2.24) is 15.2 Å². The summed E-state index contributed by atoms with van der Waals surface area (Å²) in [5, 5.41) is 7.89. The van der Waals surface area contributed by atoms with Crippen LogP contribution in [-0.4, -0.2) is 50.6 Å². The molecule has 0 aliphatic carbocycles. The van der Waals surface area contributed by atoms with Gasteiger partial charge in [0.25, 0.3) is 0 Å². The first-order chi connectivity index (χ1) is 19.2.